The maximum Gasteiger partial charge on any atom is 0.339 e. The highest BCUT2D eigenvalue weighted by molar-refractivity contribution is 6.31. The molecule has 2 saturated carbocycles. The molecule has 12 aromatic rings. The molecule has 2 fully saturated rings. The molecule has 18 nitrogen and oxygen atoms in total. The number of nitrogens with zero attached hydrogens (tertiary/aromatic N) is 8. The first-order chi connectivity index (χ1) is 50.7. The number of para-hydroxylation sites is 6. The SMILES string of the molecule is COC(=O)[C@@H](OC(C)(C)C)c1c(C)nc(-c2nc3ccccc3[nH]2)c(C)c1-c1ccc(Cl)cc1.COC(=O)[C@@H](OC(C)(C)C)c1c(C)nc(-c2nc3ccccc3n2C2CC2)c(C)c1-c1ccc(Cl)cc1.Cc1nc(-c2nc3ccccc3n2C2CC2)c(C)c(-c2ccc(Cl)cc2)c1[C@H](OC(C)(C)C)C(=O)O. The number of fused-ring (bicyclic) bond motifs is 3. The Morgan fingerprint density at radius 3 is 1.08 bits per heavy atom. The van der Waals surface area contributed by atoms with Crippen molar-refractivity contribution in [2.45, 2.75) is 177 Å². The minimum atomic E-state index is -1.18. The molecule has 0 radical (unpaired) electrons. The fraction of sp³-hybridized carbons (Fsp3) is 0.337. The second-order valence-electron chi connectivity index (χ2n) is 30.3. The van der Waals surface area contributed by atoms with Gasteiger partial charge in [0.15, 0.2) is 35.8 Å². The normalized spacial score (nSPS) is 14.1. The number of ether oxygens (including phenoxy) is 5. The number of aliphatic carboxylic acids is 1. The highest BCUT2D eigenvalue weighted by atomic mass is 35.5. The van der Waals surface area contributed by atoms with Gasteiger partial charge < -0.3 is 42.9 Å². The lowest BCUT2D eigenvalue weighted by Crippen LogP contribution is -2.29. The van der Waals surface area contributed by atoms with Crippen molar-refractivity contribution in [2.75, 3.05) is 14.2 Å². The van der Waals surface area contributed by atoms with Crippen LogP contribution in [0.15, 0.2) is 146 Å². The number of pyridine rings is 3. The Morgan fingerprint density at radius 2 is 0.748 bits per heavy atom. The van der Waals surface area contributed by atoms with Crippen LogP contribution in [-0.4, -0.2) is 98.1 Å². The summed E-state index contributed by atoms with van der Waals surface area (Å²) in [5, 5.41) is 12.1. The Kier molecular flexibility index (Phi) is 22.2. The van der Waals surface area contributed by atoms with E-state index in [1.165, 1.54) is 14.2 Å². The summed E-state index contributed by atoms with van der Waals surface area (Å²) in [5.74, 6) is 0.317. The predicted octanol–water partition coefficient (Wildman–Crippen LogP) is 21.3. The second kappa shape index (κ2) is 30.9. The van der Waals surface area contributed by atoms with Gasteiger partial charge in [-0.05, 0) is 252 Å². The maximum absolute atomic E-state index is 13.1. The molecule has 6 aromatic heterocycles. The number of carbonyl (C=O) groups excluding carboxylic acids is 2. The molecular formula is C86H90Cl3N9O9. The van der Waals surface area contributed by atoms with Crippen LogP contribution in [0.2, 0.25) is 15.1 Å². The van der Waals surface area contributed by atoms with E-state index >= 15 is 0 Å². The summed E-state index contributed by atoms with van der Waals surface area (Å²) >= 11 is 18.6. The Bertz CT molecular complexity index is 5320. The molecule has 0 aliphatic heterocycles. The number of halogens is 3. The summed E-state index contributed by atoms with van der Waals surface area (Å²) in [5.41, 5.74) is 18.0. The zero-order valence-corrected chi connectivity index (χ0v) is 65.8. The van der Waals surface area contributed by atoms with Crippen LogP contribution in [0.4, 0.5) is 0 Å². The number of H-pyrrole nitrogens is 1. The number of carboxylic acids is 1. The Hall–Kier alpha value is -9.66. The number of nitrogens with one attached hydrogen (secondary N) is 1. The summed E-state index contributed by atoms with van der Waals surface area (Å²) in [7, 11) is 2.74. The molecule has 0 spiro atoms. The Morgan fingerprint density at radius 1 is 0.430 bits per heavy atom. The summed E-state index contributed by atoms with van der Waals surface area (Å²) in [6, 6.07) is 47.6. The van der Waals surface area contributed by atoms with Crippen molar-refractivity contribution in [3.63, 3.8) is 0 Å². The number of carbonyl (C=O) groups is 3. The van der Waals surface area contributed by atoms with Crippen molar-refractivity contribution in [1.82, 2.24) is 44.0 Å². The van der Waals surface area contributed by atoms with Crippen molar-refractivity contribution in [2.24, 2.45) is 0 Å². The summed E-state index contributed by atoms with van der Waals surface area (Å²) < 4.78 is 33.6. The average Bonchev–Trinajstić information content (AvgIpc) is 1.67. The number of esters is 2. The smallest absolute Gasteiger partial charge is 0.339 e. The van der Waals surface area contributed by atoms with E-state index in [0.29, 0.717) is 72.4 Å². The Balaban J connectivity index is 0.000000150. The van der Waals surface area contributed by atoms with E-state index in [9.17, 15) is 19.5 Å². The molecule has 2 aliphatic rings. The molecular weight excluding hydrogens is 1410 g/mol. The van der Waals surface area contributed by atoms with Gasteiger partial charge in [0, 0.05) is 60.9 Å². The molecule has 107 heavy (non-hydrogen) atoms. The summed E-state index contributed by atoms with van der Waals surface area (Å²) in [4.78, 5) is 71.7. The van der Waals surface area contributed by atoms with Crippen molar-refractivity contribution < 1.29 is 43.2 Å². The second-order valence-corrected chi connectivity index (χ2v) is 31.6. The van der Waals surface area contributed by atoms with Gasteiger partial charge in [0.25, 0.3) is 0 Å². The van der Waals surface area contributed by atoms with E-state index in [2.05, 4.69) is 26.3 Å². The van der Waals surface area contributed by atoms with Gasteiger partial charge in [-0.3, -0.25) is 0 Å². The van der Waals surface area contributed by atoms with E-state index in [0.717, 1.165) is 132 Å². The largest absolute Gasteiger partial charge is 0.479 e. The molecule has 6 heterocycles. The summed E-state index contributed by atoms with van der Waals surface area (Å²) in [6.07, 6.45) is 1.37. The number of hydrogen-bond acceptors (Lipinski definition) is 14. The van der Waals surface area contributed by atoms with Gasteiger partial charge in [0.1, 0.15) is 17.1 Å². The monoisotopic (exact) mass is 1500 g/mol. The number of aryl methyl sites for hydroxylation is 3. The first-order valence-corrected chi connectivity index (χ1v) is 37.0. The number of carboxylic acid groups (broad SMARTS) is 1. The lowest BCUT2D eigenvalue weighted by molar-refractivity contribution is -0.164. The van der Waals surface area contributed by atoms with E-state index in [1.807, 2.05) is 237 Å². The van der Waals surface area contributed by atoms with Gasteiger partial charge in [-0.2, -0.15) is 0 Å². The number of rotatable bonds is 17. The van der Waals surface area contributed by atoms with Crippen LogP contribution in [0.3, 0.4) is 0 Å². The fourth-order valence-electron chi connectivity index (χ4n) is 13.9. The minimum absolute atomic E-state index is 0.392. The first kappa shape index (κ1) is 77.0. The lowest BCUT2D eigenvalue weighted by Gasteiger charge is -2.29. The van der Waals surface area contributed by atoms with Gasteiger partial charge in [-0.1, -0.05) is 108 Å². The number of methoxy groups -OCH3 is 2. The number of hydrogen-bond donors (Lipinski definition) is 2. The number of aromatic amines is 1. The van der Waals surface area contributed by atoms with Crippen molar-refractivity contribution in [3.8, 4) is 67.9 Å². The molecule has 3 atom stereocenters. The van der Waals surface area contributed by atoms with Crippen LogP contribution in [0.25, 0.3) is 101 Å². The molecule has 554 valence electrons. The third-order valence-corrected chi connectivity index (χ3v) is 19.5. The van der Waals surface area contributed by atoms with Crippen molar-refractivity contribution >= 4 is 85.8 Å². The van der Waals surface area contributed by atoms with Crippen LogP contribution in [0, 0.1) is 41.5 Å². The van der Waals surface area contributed by atoms with Gasteiger partial charge in [0.2, 0.25) is 0 Å². The zero-order chi connectivity index (χ0) is 76.9. The van der Waals surface area contributed by atoms with E-state index in [-0.39, 0.29) is 0 Å². The molecule has 0 saturated heterocycles. The lowest BCUT2D eigenvalue weighted by atomic mass is 9.89. The Labute approximate surface area is 639 Å². The van der Waals surface area contributed by atoms with Crippen LogP contribution in [-0.2, 0) is 38.1 Å². The molecule has 0 unspecified atom stereocenters. The van der Waals surface area contributed by atoms with E-state index < -0.39 is 53.0 Å². The first-order valence-electron chi connectivity index (χ1n) is 35.9. The standard InChI is InChI=1S/C30H32ClN3O3.C29H30ClN3O3.C27H28ClN3O3/c1-17-24(19-11-13-20(31)14-12-19)25(27(29(35)36-6)37-30(3,4)5)18(2)32-26(17)28-33-22-9-7-8-10-23(22)34(28)21-15-16-21;1-16-23(18-10-12-19(30)13-11-18)24(26(28(34)35)36-29(3,4)5)17(2)31-25(16)27-32-21-8-6-7-9-22(21)33(27)20-14-15-20;1-15-21(17-11-13-18(28)14-12-17)22(24(26(32)33-6)34-27(3,4)5)16(2)29-23(15)25-30-19-9-7-8-10-20(19)31-25/h7-14,21,27H,15-16H2,1-6H3;6-13,20,26H,14-15H2,1-5H3,(H,34,35);7-14,24H,1-6H3,(H,30,31)/t27-;26-;24-/m000/s1. The van der Waals surface area contributed by atoms with Gasteiger partial charge >= 0.3 is 17.9 Å². The van der Waals surface area contributed by atoms with Gasteiger partial charge in [-0.25, -0.2) is 44.3 Å². The quantitative estimate of drug-likeness (QED) is 0.0810. The molecule has 6 aromatic carbocycles. The minimum Gasteiger partial charge on any atom is -0.479 e. The fourth-order valence-corrected chi connectivity index (χ4v) is 14.3. The molecule has 14 rings (SSSR count). The number of benzene rings is 6. The molecule has 21 heteroatoms. The summed E-state index contributed by atoms with van der Waals surface area (Å²) in [6.45, 7) is 28.7. The number of imidazole rings is 3. The van der Waals surface area contributed by atoms with Crippen molar-refractivity contribution in [3.05, 3.63) is 211 Å². The zero-order valence-electron chi connectivity index (χ0n) is 63.5. The van der Waals surface area contributed by atoms with Crippen LogP contribution >= 0.6 is 34.8 Å². The van der Waals surface area contributed by atoms with Gasteiger partial charge in [-0.15, -0.1) is 0 Å². The number of aromatic nitrogens is 9. The molecule has 2 aliphatic carbocycles. The van der Waals surface area contributed by atoms with Crippen LogP contribution < -0.4 is 0 Å². The van der Waals surface area contributed by atoms with Crippen LogP contribution in [0.1, 0.15) is 169 Å². The highest BCUT2D eigenvalue weighted by Gasteiger charge is 2.39. The van der Waals surface area contributed by atoms with E-state index in [4.69, 9.17) is 88.4 Å². The van der Waals surface area contributed by atoms with E-state index in [1.54, 1.807) is 0 Å². The topological polar surface area (TPSA) is 221 Å². The highest BCUT2D eigenvalue weighted by Crippen LogP contribution is 2.49. The van der Waals surface area contributed by atoms with Crippen molar-refractivity contribution in [1.29, 1.82) is 0 Å². The predicted molar refractivity (Wildman–Crippen MR) is 424 cm³/mol. The third kappa shape index (κ3) is 16.7. The molecule has 0 bridgehead atoms. The van der Waals surface area contributed by atoms with Crippen LogP contribution in [0.5, 0.6) is 0 Å². The molecule has 2 N–H and O–H groups in total. The van der Waals surface area contributed by atoms with Gasteiger partial charge in [0.05, 0.1) is 64.1 Å². The maximum atomic E-state index is 13.1. The average molecular weight is 1500 g/mol. The molecule has 0 amide bonds. The third-order valence-electron chi connectivity index (χ3n) is 18.7.